The fourth-order valence-electron chi connectivity index (χ4n) is 3.19. The highest BCUT2D eigenvalue weighted by Crippen LogP contribution is 2.41. The molecule has 1 aromatic rings. The minimum atomic E-state index is 0.297. The van der Waals surface area contributed by atoms with Crippen molar-refractivity contribution in [3.8, 4) is 0 Å². The molecule has 0 amide bonds. The van der Waals surface area contributed by atoms with Crippen LogP contribution in [0.3, 0.4) is 0 Å². The lowest BCUT2D eigenvalue weighted by Gasteiger charge is -2.46. The number of aromatic nitrogens is 1. The van der Waals surface area contributed by atoms with E-state index in [1.807, 2.05) is 6.07 Å². The summed E-state index contributed by atoms with van der Waals surface area (Å²) in [5, 5.41) is 7.59. The van der Waals surface area contributed by atoms with E-state index in [1.54, 1.807) is 6.20 Å². The van der Waals surface area contributed by atoms with Gasteiger partial charge in [0.1, 0.15) is 0 Å². The first-order valence-corrected chi connectivity index (χ1v) is 7.10. The van der Waals surface area contributed by atoms with Crippen molar-refractivity contribution in [2.75, 3.05) is 13.1 Å². The maximum atomic E-state index is 5.26. The summed E-state index contributed by atoms with van der Waals surface area (Å²) >= 11 is 0. The maximum Gasteiger partial charge on any atom is 0.150 e. The third-order valence-corrected chi connectivity index (χ3v) is 4.59. The largest absolute Gasteiger partial charge is 0.360 e. The molecule has 0 aromatic carbocycles. The van der Waals surface area contributed by atoms with Crippen LogP contribution in [0.25, 0.3) is 0 Å². The standard InChI is InChI=1S/C14H23N3O/c1-3-12-8-15-14(2,11-4-5-11)10-17(12)9-13-6-7-16-18-13/h6-7,11-12,15H,3-5,8-10H2,1-2H3. The molecule has 3 rings (SSSR count). The molecule has 2 unspecified atom stereocenters. The zero-order chi connectivity index (χ0) is 12.6. The first-order chi connectivity index (χ1) is 8.71. The summed E-state index contributed by atoms with van der Waals surface area (Å²) in [6.45, 7) is 7.75. The molecule has 100 valence electrons. The first-order valence-electron chi connectivity index (χ1n) is 7.10. The van der Waals surface area contributed by atoms with Crippen molar-refractivity contribution in [2.45, 2.75) is 51.2 Å². The van der Waals surface area contributed by atoms with Crippen molar-refractivity contribution in [1.29, 1.82) is 0 Å². The minimum absolute atomic E-state index is 0.297. The fraction of sp³-hybridized carbons (Fsp3) is 0.786. The van der Waals surface area contributed by atoms with Crippen LogP contribution in [0.1, 0.15) is 38.9 Å². The van der Waals surface area contributed by atoms with E-state index >= 15 is 0 Å². The molecule has 0 bridgehead atoms. The highest BCUT2D eigenvalue weighted by atomic mass is 16.5. The van der Waals surface area contributed by atoms with E-state index in [2.05, 4.69) is 29.2 Å². The zero-order valence-corrected chi connectivity index (χ0v) is 11.4. The van der Waals surface area contributed by atoms with E-state index in [-0.39, 0.29) is 0 Å². The van der Waals surface area contributed by atoms with E-state index in [1.165, 1.54) is 19.3 Å². The highest BCUT2D eigenvalue weighted by molar-refractivity contribution is 5.05. The summed E-state index contributed by atoms with van der Waals surface area (Å²) in [5.74, 6) is 1.85. The third kappa shape index (κ3) is 2.31. The Bertz CT molecular complexity index is 388. The number of hydrogen-bond acceptors (Lipinski definition) is 4. The van der Waals surface area contributed by atoms with E-state index in [0.29, 0.717) is 11.6 Å². The van der Waals surface area contributed by atoms with Crippen LogP contribution in [0.15, 0.2) is 16.8 Å². The topological polar surface area (TPSA) is 41.3 Å². The molecule has 1 aliphatic heterocycles. The average molecular weight is 249 g/mol. The molecule has 1 aromatic heterocycles. The van der Waals surface area contributed by atoms with Gasteiger partial charge in [-0.2, -0.15) is 0 Å². The lowest BCUT2D eigenvalue weighted by molar-refractivity contribution is 0.0594. The third-order valence-electron chi connectivity index (χ3n) is 4.59. The second-order valence-corrected chi connectivity index (χ2v) is 6.02. The number of hydrogen-bond donors (Lipinski definition) is 1. The molecule has 0 spiro atoms. The van der Waals surface area contributed by atoms with Crippen molar-refractivity contribution in [1.82, 2.24) is 15.4 Å². The first kappa shape index (κ1) is 12.2. The maximum absolute atomic E-state index is 5.26. The SMILES string of the molecule is CCC1CNC(C)(C2CC2)CN1Cc1ccno1. The summed E-state index contributed by atoms with van der Waals surface area (Å²) in [5.41, 5.74) is 0.297. The molecule has 2 aliphatic rings. The average Bonchev–Trinajstić information content (AvgIpc) is 3.11. The smallest absolute Gasteiger partial charge is 0.150 e. The Labute approximate surface area is 109 Å². The minimum Gasteiger partial charge on any atom is -0.360 e. The summed E-state index contributed by atoms with van der Waals surface area (Å²) < 4.78 is 5.26. The molecular weight excluding hydrogens is 226 g/mol. The van der Waals surface area contributed by atoms with Crippen molar-refractivity contribution in [3.63, 3.8) is 0 Å². The summed E-state index contributed by atoms with van der Waals surface area (Å²) in [4.78, 5) is 2.56. The molecule has 1 aliphatic carbocycles. The van der Waals surface area contributed by atoms with E-state index in [0.717, 1.165) is 31.3 Å². The van der Waals surface area contributed by atoms with Crippen molar-refractivity contribution in [2.24, 2.45) is 5.92 Å². The molecular formula is C14H23N3O. The lowest BCUT2D eigenvalue weighted by Crippen LogP contribution is -2.63. The van der Waals surface area contributed by atoms with Gasteiger partial charge in [0.25, 0.3) is 0 Å². The molecule has 1 saturated carbocycles. The van der Waals surface area contributed by atoms with Gasteiger partial charge < -0.3 is 9.84 Å². The van der Waals surface area contributed by atoms with Crippen molar-refractivity contribution < 1.29 is 4.52 Å². The Hall–Kier alpha value is -0.870. The molecule has 1 saturated heterocycles. The van der Waals surface area contributed by atoms with Gasteiger partial charge in [-0.15, -0.1) is 0 Å². The zero-order valence-electron chi connectivity index (χ0n) is 11.4. The van der Waals surface area contributed by atoms with E-state index in [4.69, 9.17) is 4.52 Å². The van der Waals surface area contributed by atoms with Gasteiger partial charge in [-0.05, 0) is 32.1 Å². The Balaban J connectivity index is 1.71. The van der Waals surface area contributed by atoms with E-state index in [9.17, 15) is 0 Å². The number of nitrogens with one attached hydrogen (secondary N) is 1. The van der Waals surface area contributed by atoms with Gasteiger partial charge in [0, 0.05) is 30.7 Å². The summed E-state index contributed by atoms with van der Waals surface area (Å²) in [6.07, 6.45) is 5.69. The molecule has 4 nitrogen and oxygen atoms in total. The lowest BCUT2D eigenvalue weighted by atomic mass is 9.90. The van der Waals surface area contributed by atoms with Crippen LogP contribution in [0, 0.1) is 5.92 Å². The molecule has 1 N–H and O–H groups in total. The van der Waals surface area contributed by atoms with Crippen LogP contribution < -0.4 is 5.32 Å². The number of rotatable bonds is 4. The quantitative estimate of drug-likeness (QED) is 0.886. The molecule has 2 fully saturated rings. The van der Waals surface area contributed by atoms with Gasteiger partial charge in [-0.1, -0.05) is 12.1 Å². The highest BCUT2D eigenvalue weighted by Gasteiger charge is 2.45. The predicted octanol–water partition coefficient (Wildman–Crippen LogP) is 2.03. The Morgan fingerprint density at radius 3 is 3.00 bits per heavy atom. The van der Waals surface area contributed by atoms with Gasteiger partial charge >= 0.3 is 0 Å². The van der Waals surface area contributed by atoms with Gasteiger partial charge in [0.2, 0.25) is 0 Å². The van der Waals surface area contributed by atoms with Crippen LogP contribution in [0.4, 0.5) is 0 Å². The van der Waals surface area contributed by atoms with Crippen LogP contribution in [0.2, 0.25) is 0 Å². The molecule has 0 radical (unpaired) electrons. The predicted molar refractivity (Wildman–Crippen MR) is 70.1 cm³/mol. The molecule has 2 heterocycles. The molecule has 4 heteroatoms. The molecule has 18 heavy (non-hydrogen) atoms. The second-order valence-electron chi connectivity index (χ2n) is 6.02. The van der Waals surface area contributed by atoms with Crippen LogP contribution >= 0.6 is 0 Å². The summed E-state index contributed by atoms with van der Waals surface area (Å²) in [6, 6.07) is 2.59. The number of piperazine rings is 1. The Kier molecular flexibility index (Phi) is 3.16. The van der Waals surface area contributed by atoms with Crippen LogP contribution in [-0.2, 0) is 6.54 Å². The Morgan fingerprint density at radius 2 is 2.39 bits per heavy atom. The van der Waals surface area contributed by atoms with Crippen LogP contribution in [0.5, 0.6) is 0 Å². The normalized spacial score (nSPS) is 33.8. The van der Waals surface area contributed by atoms with Crippen molar-refractivity contribution in [3.05, 3.63) is 18.0 Å². The van der Waals surface area contributed by atoms with Crippen LogP contribution in [-0.4, -0.2) is 34.7 Å². The van der Waals surface area contributed by atoms with Gasteiger partial charge in [0.15, 0.2) is 5.76 Å². The second kappa shape index (κ2) is 4.67. The monoisotopic (exact) mass is 249 g/mol. The fourth-order valence-corrected chi connectivity index (χ4v) is 3.19. The molecule has 2 atom stereocenters. The van der Waals surface area contributed by atoms with Crippen molar-refractivity contribution >= 4 is 0 Å². The van der Waals surface area contributed by atoms with Gasteiger partial charge in [-0.3, -0.25) is 4.90 Å². The summed E-state index contributed by atoms with van der Waals surface area (Å²) in [7, 11) is 0. The van der Waals surface area contributed by atoms with E-state index < -0.39 is 0 Å². The van der Waals surface area contributed by atoms with Gasteiger partial charge in [0.05, 0.1) is 12.7 Å². The Morgan fingerprint density at radius 1 is 1.56 bits per heavy atom. The van der Waals surface area contributed by atoms with Gasteiger partial charge in [-0.25, -0.2) is 0 Å². The number of nitrogens with zero attached hydrogens (tertiary/aromatic N) is 2.